The van der Waals surface area contributed by atoms with Crippen LogP contribution in [-0.4, -0.2) is 101 Å². The van der Waals surface area contributed by atoms with Gasteiger partial charge >= 0.3 is 18.0 Å². The van der Waals surface area contributed by atoms with Gasteiger partial charge in [-0.05, 0) is 44.4 Å². The molecule has 2 atom stereocenters. The van der Waals surface area contributed by atoms with Crippen LogP contribution in [0.4, 0.5) is 13.6 Å². The summed E-state index contributed by atoms with van der Waals surface area (Å²) in [4.78, 5) is 53.2. The number of aliphatic imine (C=N–C) groups is 1. The van der Waals surface area contributed by atoms with Gasteiger partial charge < -0.3 is 25.0 Å². The number of piperazine rings is 1. The first kappa shape index (κ1) is 32.5. The van der Waals surface area contributed by atoms with Crippen molar-refractivity contribution in [2.75, 3.05) is 45.9 Å². The van der Waals surface area contributed by atoms with Gasteiger partial charge in [-0.25, -0.2) is 23.4 Å². The van der Waals surface area contributed by atoms with Crippen LogP contribution in [0.3, 0.4) is 0 Å². The molecule has 1 aromatic heterocycles. The zero-order valence-corrected chi connectivity index (χ0v) is 26.6. The maximum absolute atomic E-state index is 14.8. The third-order valence-electron chi connectivity index (χ3n) is 8.45. The van der Waals surface area contributed by atoms with Crippen molar-refractivity contribution in [3.05, 3.63) is 62.7 Å². The summed E-state index contributed by atoms with van der Waals surface area (Å²) in [6.07, 6.45) is 3.12. The van der Waals surface area contributed by atoms with Gasteiger partial charge in [-0.3, -0.25) is 14.7 Å². The first-order chi connectivity index (χ1) is 21.4. The molecule has 0 unspecified atom stereocenters. The number of carboxylic acids is 1. The van der Waals surface area contributed by atoms with Gasteiger partial charge in [-0.1, -0.05) is 19.4 Å². The predicted molar refractivity (Wildman–Crippen MR) is 164 cm³/mol. The highest BCUT2D eigenvalue weighted by Crippen LogP contribution is 2.36. The number of hydrogen-bond acceptors (Lipinski definition) is 9. The number of thiazole rings is 1. The zero-order valence-electron chi connectivity index (χ0n) is 25.8. The van der Waals surface area contributed by atoms with Crippen LogP contribution in [0.15, 0.2) is 40.0 Å². The monoisotopic (exact) mass is 644 g/mol. The average molecular weight is 645 g/mol. The Hall–Kier alpha value is -3.91. The second kappa shape index (κ2) is 13.2. The second-order valence-electron chi connectivity index (χ2n) is 12.2. The number of urea groups is 1. The van der Waals surface area contributed by atoms with Crippen LogP contribution >= 0.6 is 11.3 Å². The fraction of sp³-hybridized carbons (Fsp3) is 0.516. The molecule has 3 aliphatic heterocycles. The summed E-state index contributed by atoms with van der Waals surface area (Å²) in [5, 5.41) is 15.3. The number of esters is 1. The molecule has 5 rings (SSSR count). The zero-order chi connectivity index (χ0) is 32.5. The maximum atomic E-state index is 14.8. The number of carboxylic acid groups (broad SMARTS) is 1. The lowest BCUT2D eigenvalue weighted by molar-refractivity contribution is -0.147. The van der Waals surface area contributed by atoms with Crippen molar-refractivity contribution in [3.8, 4) is 0 Å². The second-order valence-corrected chi connectivity index (χ2v) is 13.1. The topological polar surface area (TPSA) is 128 Å². The molecular formula is C31H38F2N6O5S. The number of ether oxygens (including phenoxy) is 1. The van der Waals surface area contributed by atoms with Crippen molar-refractivity contribution in [2.24, 2.45) is 10.4 Å². The van der Waals surface area contributed by atoms with Gasteiger partial charge in [-0.2, -0.15) is 0 Å². The van der Waals surface area contributed by atoms with Gasteiger partial charge in [0, 0.05) is 56.5 Å². The summed E-state index contributed by atoms with van der Waals surface area (Å²) in [6, 6.07) is 1.14. The number of hydrogen-bond donors (Lipinski definition) is 2. The van der Waals surface area contributed by atoms with Crippen LogP contribution in [0, 0.1) is 24.0 Å². The molecule has 2 N–H and O–H groups in total. The Morgan fingerprint density at radius 3 is 2.69 bits per heavy atom. The molecule has 4 heterocycles. The van der Waals surface area contributed by atoms with Gasteiger partial charge in [0.1, 0.15) is 6.04 Å². The van der Waals surface area contributed by atoms with E-state index in [0.717, 1.165) is 12.5 Å². The van der Waals surface area contributed by atoms with E-state index in [0.29, 0.717) is 54.7 Å². The third-order valence-corrected chi connectivity index (χ3v) is 9.23. The summed E-state index contributed by atoms with van der Waals surface area (Å²) in [5.74, 6) is -3.17. The molecule has 14 heteroatoms. The quantitative estimate of drug-likeness (QED) is 0.278. The third kappa shape index (κ3) is 6.71. The standard InChI is InChI=1S/C31H38F2N6O5S/c1-5-6-12-44-28(40)23-22(16-37-10-11-39-19(14-37)15-38(30(39)43)17-31(3,4)29(41)42)35-26(27-34-9-13-45-27)36-25(23)20-7-8-21(32)24(33)18(20)2/h7-9,13,19,25H,5-6,10-12,14-17H2,1-4H3,(H,35,36)(H,41,42)/t19-,25-/m0/s1. The number of carbonyl (C=O) groups excluding carboxylic acids is 2. The minimum absolute atomic E-state index is 0.0461. The number of aliphatic carboxylic acids is 1. The van der Waals surface area contributed by atoms with Crippen LogP contribution in [0.2, 0.25) is 0 Å². The highest BCUT2D eigenvalue weighted by Gasteiger charge is 2.44. The Kier molecular flexibility index (Phi) is 9.54. The maximum Gasteiger partial charge on any atom is 0.338 e. The van der Waals surface area contributed by atoms with Crippen molar-refractivity contribution in [3.63, 3.8) is 0 Å². The van der Waals surface area contributed by atoms with E-state index in [1.54, 1.807) is 35.2 Å². The number of carbonyl (C=O) groups is 3. The number of rotatable bonds is 11. The molecule has 11 nitrogen and oxygen atoms in total. The molecular weight excluding hydrogens is 606 g/mol. The molecule has 0 radical (unpaired) electrons. The van der Waals surface area contributed by atoms with Crippen LogP contribution in [0.1, 0.15) is 55.8 Å². The van der Waals surface area contributed by atoms with Gasteiger partial charge in [0.05, 0.1) is 23.6 Å². The lowest BCUT2D eigenvalue weighted by atomic mass is 9.92. The number of nitrogens with zero attached hydrogens (tertiary/aromatic N) is 5. The number of amides is 2. The number of aromatic nitrogens is 1. The SMILES string of the molecule is CCCCOC(=O)C1=C(CN2CCN3C(=O)N(CC(C)(C)C(=O)O)C[C@@H]3C2)NC(c2nccs2)=N[C@H]1c1ccc(F)c(F)c1C. The Bertz CT molecular complexity index is 1530. The Morgan fingerprint density at radius 1 is 1.22 bits per heavy atom. The molecule has 2 saturated heterocycles. The first-order valence-corrected chi connectivity index (χ1v) is 15.9. The molecule has 1 aromatic carbocycles. The fourth-order valence-corrected chi connectivity index (χ4v) is 6.46. The molecule has 45 heavy (non-hydrogen) atoms. The number of amidine groups is 1. The van der Waals surface area contributed by atoms with E-state index >= 15 is 0 Å². The molecule has 3 aliphatic rings. The summed E-state index contributed by atoms with van der Waals surface area (Å²) in [6.45, 7) is 8.99. The predicted octanol–water partition coefficient (Wildman–Crippen LogP) is 3.95. The fourth-order valence-electron chi connectivity index (χ4n) is 5.87. The number of unbranched alkanes of at least 4 members (excludes halogenated alkanes) is 1. The summed E-state index contributed by atoms with van der Waals surface area (Å²) < 4.78 is 34.7. The van der Waals surface area contributed by atoms with Crippen molar-refractivity contribution < 1.29 is 33.0 Å². The molecule has 242 valence electrons. The summed E-state index contributed by atoms with van der Waals surface area (Å²) >= 11 is 1.35. The number of fused-ring (bicyclic) bond motifs is 1. The molecule has 0 spiro atoms. The van der Waals surface area contributed by atoms with Gasteiger partial charge in [0.15, 0.2) is 22.5 Å². The number of benzene rings is 1. The molecule has 2 aromatic rings. The smallest absolute Gasteiger partial charge is 0.338 e. The van der Waals surface area contributed by atoms with Crippen LogP contribution < -0.4 is 5.32 Å². The van der Waals surface area contributed by atoms with E-state index in [9.17, 15) is 28.3 Å². The number of halogens is 2. The van der Waals surface area contributed by atoms with Crippen molar-refractivity contribution in [1.82, 2.24) is 25.0 Å². The molecule has 2 fully saturated rings. The van der Waals surface area contributed by atoms with Gasteiger partial charge in [-0.15, -0.1) is 11.3 Å². The van der Waals surface area contributed by atoms with Crippen molar-refractivity contribution in [1.29, 1.82) is 0 Å². The minimum Gasteiger partial charge on any atom is -0.481 e. The Balaban J connectivity index is 1.47. The highest BCUT2D eigenvalue weighted by atomic mass is 32.1. The molecule has 2 amide bonds. The Labute approximate surface area is 264 Å². The lowest BCUT2D eigenvalue weighted by Gasteiger charge is -2.38. The van der Waals surface area contributed by atoms with E-state index in [4.69, 9.17) is 9.73 Å². The average Bonchev–Trinajstić information content (AvgIpc) is 3.64. The number of nitrogens with one attached hydrogen (secondary N) is 1. The lowest BCUT2D eigenvalue weighted by Crippen LogP contribution is -2.53. The van der Waals surface area contributed by atoms with E-state index in [1.165, 1.54) is 24.3 Å². The largest absolute Gasteiger partial charge is 0.481 e. The van der Waals surface area contributed by atoms with Crippen LogP contribution in [0.25, 0.3) is 0 Å². The summed E-state index contributed by atoms with van der Waals surface area (Å²) in [5.41, 5.74) is 0.00618. The van der Waals surface area contributed by atoms with E-state index in [1.807, 2.05) is 6.92 Å². The van der Waals surface area contributed by atoms with Crippen molar-refractivity contribution in [2.45, 2.75) is 52.6 Å². The van der Waals surface area contributed by atoms with Gasteiger partial charge in [0.25, 0.3) is 0 Å². The first-order valence-electron chi connectivity index (χ1n) is 15.0. The molecule has 0 saturated carbocycles. The van der Waals surface area contributed by atoms with Crippen LogP contribution in [0.5, 0.6) is 0 Å². The highest BCUT2D eigenvalue weighted by molar-refractivity contribution is 7.11. The van der Waals surface area contributed by atoms with Crippen molar-refractivity contribution >= 4 is 35.1 Å². The molecule has 0 bridgehead atoms. The van der Waals surface area contributed by atoms with E-state index in [2.05, 4.69) is 15.2 Å². The van der Waals surface area contributed by atoms with E-state index in [-0.39, 0.29) is 42.9 Å². The Morgan fingerprint density at radius 2 is 2.00 bits per heavy atom. The van der Waals surface area contributed by atoms with E-state index < -0.39 is 35.0 Å². The summed E-state index contributed by atoms with van der Waals surface area (Å²) in [7, 11) is 0. The molecule has 0 aliphatic carbocycles. The minimum atomic E-state index is -1.09. The van der Waals surface area contributed by atoms with Crippen LogP contribution in [-0.2, 0) is 14.3 Å². The normalized spacial score (nSPS) is 20.7. The van der Waals surface area contributed by atoms with Gasteiger partial charge in [0.2, 0.25) is 0 Å².